The summed E-state index contributed by atoms with van der Waals surface area (Å²) in [6, 6.07) is 4.14. The van der Waals surface area contributed by atoms with Gasteiger partial charge in [0, 0.05) is 23.9 Å². The third-order valence-corrected chi connectivity index (χ3v) is 3.17. The average Bonchev–Trinajstić information content (AvgIpc) is 2.32. The molecule has 0 aliphatic heterocycles. The molecule has 1 heterocycles. The lowest BCUT2D eigenvalue weighted by atomic mass is 10.1. The molecular formula is C13H22N2OS. The van der Waals surface area contributed by atoms with Crippen LogP contribution >= 0.6 is 11.8 Å². The van der Waals surface area contributed by atoms with Gasteiger partial charge >= 0.3 is 0 Å². The van der Waals surface area contributed by atoms with Gasteiger partial charge in [-0.05, 0) is 31.7 Å². The number of aryl methyl sites for hydroxylation is 1. The molecule has 0 aliphatic carbocycles. The number of ether oxygens (including phenoxy) is 1. The van der Waals surface area contributed by atoms with Crippen molar-refractivity contribution in [2.24, 2.45) is 5.73 Å². The Morgan fingerprint density at radius 3 is 2.88 bits per heavy atom. The zero-order chi connectivity index (χ0) is 12.7. The first kappa shape index (κ1) is 14.3. The predicted octanol–water partition coefficient (Wildman–Crippen LogP) is 2.41. The topological polar surface area (TPSA) is 48.1 Å². The van der Waals surface area contributed by atoms with Gasteiger partial charge in [0.05, 0.1) is 12.3 Å². The van der Waals surface area contributed by atoms with Crippen molar-refractivity contribution in [2.45, 2.75) is 32.7 Å². The quantitative estimate of drug-likeness (QED) is 0.759. The van der Waals surface area contributed by atoms with E-state index in [1.165, 1.54) is 0 Å². The average molecular weight is 254 g/mol. The summed E-state index contributed by atoms with van der Waals surface area (Å²) in [4.78, 5) is 4.53. The molecule has 0 saturated carbocycles. The van der Waals surface area contributed by atoms with Gasteiger partial charge in [-0.1, -0.05) is 6.92 Å². The fraction of sp³-hybridized carbons (Fsp3) is 0.615. The van der Waals surface area contributed by atoms with Crippen LogP contribution in [0.1, 0.15) is 24.7 Å². The van der Waals surface area contributed by atoms with Gasteiger partial charge in [0.1, 0.15) is 5.75 Å². The van der Waals surface area contributed by atoms with Crippen molar-refractivity contribution < 1.29 is 4.74 Å². The minimum Gasteiger partial charge on any atom is -0.491 e. The van der Waals surface area contributed by atoms with E-state index in [4.69, 9.17) is 10.5 Å². The first-order valence-corrected chi connectivity index (χ1v) is 7.40. The third-order valence-electron chi connectivity index (χ3n) is 2.60. The number of aromatic nitrogens is 1. The maximum absolute atomic E-state index is 5.98. The highest BCUT2D eigenvalue weighted by Gasteiger charge is 2.09. The number of rotatable bonds is 7. The van der Waals surface area contributed by atoms with Crippen molar-refractivity contribution in [3.8, 4) is 5.75 Å². The van der Waals surface area contributed by atoms with E-state index in [0.29, 0.717) is 0 Å². The Labute approximate surface area is 108 Å². The molecule has 0 spiro atoms. The molecule has 0 bridgehead atoms. The monoisotopic (exact) mass is 254 g/mol. The van der Waals surface area contributed by atoms with Crippen molar-refractivity contribution in [3.05, 3.63) is 23.5 Å². The second kappa shape index (κ2) is 7.56. The van der Waals surface area contributed by atoms with Crippen molar-refractivity contribution in [3.63, 3.8) is 0 Å². The minimum atomic E-state index is 0.159. The molecule has 4 heteroatoms. The summed E-state index contributed by atoms with van der Waals surface area (Å²) in [6.45, 7) is 4.81. The molecule has 1 aromatic heterocycles. The van der Waals surface area contributed by atoms with Crippen LogP contribution < -0.4 is 10.5 Å². The zero-order valence-corrected chi connectivity index (χ0v) is 11.7. The van der Waals surface area contributed by atoms with Crippen LogP contribution in [0.15, 0.2) is 12.1 Å². The lowest BCUT2D eigenvalue weighted by Gasteiger charge is -2.14. The van der Waals surface area contributed by atoms with E-state index >= 15 is 0 Å². The molecule has 1 rings (SSSR count). The number of hydrogen-bond donors (Lipinski definition) is 1. The third kappa shape index (κ3) is 4.96. The van der Waals surface area contributed by atoms with Crippen LogP contribution in [0.3, 0.4) is 0 Å². The summed E-state index contributed by atoms with van der Waals surface area (Å²) < 4.78 is 5.74. The summed E-state index contributed by atoms with van der Waals surface area (Å²) in [5, 5.41) is 0. The van der Waals surface area contributed by atoms with Crippen molar-refractivity contribution in [1.82, 2.24) is 4.98 Å². The Morgan fingerprint density at radius 1 is 1.47 bits per heavy atom. The highest BCUT2D eigenvalue weighted by Crippen LogP contribution is 2.19. The van der Waals surface area contributed by atoms with Crippen LogP contribution in [0.2, 0.25) is 0 Å². The lowest BCUT2D eigenvalue weighted by molar-refractivity contribution is 0.336. The van der Waals surface area contributed by atoms with Gasteiger partial charge in [-0.2, -0.15) is 11.8 Å². The van der Waals surface area contributed by atoms with E-state index in [0.717, 1.165) is 42.3 Å². The largest absolute Gasteiger partial charge is 0.491 e. The highest BCUT2D eigenvalue weighted by atomic mass is 32.2. The smallest absolute Gasteiger partial charge is 0.140 e. The number of nitrogens with two attached hydrogens (primary N) is 1. The number of thioether (sulfide) groups is 1. The second-order valence-electron chi connectivity index (χ2n) is 4.11. The fourth-order valence-corrected chi connectivity index (χ4v) is 1.75. The molecule has 17 heavy (non-hydrogen) atoms. The highest BCUT2D eigenvalue weighted by molar-refractivity contribution is 7.98. The van der Waals surface area contributed by atoms with Gasteiger partial charge in [-0.15, -0.1) is 0 Å². The zero-order valence-electron chi connectivity index (χ0n) is 10.9. The van der Waals surface area contributed by atoms with Gasteiger partial charge in [-0.25, -0.2) is 0 Å². The first-order valence-electron chi connectivity index (χ1n) is 6.01. The predicted molar refractivity (Wildman–Crippen MR) is 74.8 cm³/mol. The molecule has 3 nitrogen and oxygen atoms in total. The van der Waals surface area contributed by atoms with Gasteiger partial charge in [-0.3, -0.25) is 4.98 Å². The molecular weight excluding hydrogens is 232 g/mol. The van der Waals surface area contributed by atoms with Crippen molar-refractivity contribution in [1.29, 1.82) is 0 Å². The van der Waals surface area contributed by atoms with Gasteiger partial charge < -0.3 is 10.5 Å². The number of hydrogen-bond acceptors (Lipinski definition) is 4. The molecule has 0 saturated heterocycles. The molecule has 0 amide bonds. The molecule has 2 N–H and O–H groups in total. The lowest BCUT2D eigenvalue weighted by Crippen LogP contribution is -2.22. The van der Waals surface area contributed by atoms with E-state index < -0.39 is 0 Å². The summed E-state index contributed by atoms with van der Waals surface area (Å²) in [5.74, 6) is 1.88. The number of pyridine rings is 1. The maximum Gasteiger partial charge on any atom is 0.140 e. The summed E-state index contributed by atoms with van der Waals surface area (Å²) in [6.07, 6.45) is 3.82. The Balaban J connectivity index is 2.72. The van der Waals surface area contributed by atoms with Crippen LogP contribution in [0, 0.1) is 6.92 Å². The maximum atomic E-state index is 5.98. The molecule has 0 fully saturated rings. The van der Waals surface area contributed by atoms with E-state index in [1.54, 1.807) is 11.8 Å². The summed E-state index contributed by atoms with van der Waals surface area (Å²) >= 11 is 1.78. The van der Waals surface area contributed by atoms with Crippen molar-refractivity contribution >= 4 is 11.8 Å². The molecule has 1 atom stereocenters. The second-order valence-corrected chi connectivity index (χ2v) is 5.10. The van der Waals surface area contributed by atoms with Gasteiger partial charge in [0.25, 0.3) is 0 Å². The Kier molecular flexibility index (Phi) is 6.37. The standard InChI is InChI=1S/C13H22N2OS/c1-4-11(14)9-12-13(16-7-8-17-3)6-5-10(2)15-12/h5-6,11H,4,7-9,14H2,1-3H3. The molecule has 96 valence electrons. The van der Waals surface area contributed by atoms with Gasteiger partial charge in [0.2, 0.25) is 0 Å². The van der Waals surface area contributed by atoms with Crippen molar-refractivity contribution in [2.75, 3.05) is 18.6 Å². The molecule has 0 radical (unpaired) electrons. The fourth-order valence-electron chi connectivity index (χ4n) is 1.50. The van der Waals surface area contributed by atoms with Crippen LogP contribution in [-0.2, 0) is 6.42 Å². The molecule has 1 unspecified atom stereocenters. The van der Waals surface area contributed by atoms with Gasteiger partial charge in [0.15, 0.2) is 0 Å². The summed E-state index contributed by atoms with van der Waals surface area (Å²) in [7, 11) is 0. The first-order chi connectivity index (χ1) is 8.17. The molecule has 0 aliphatic rings. The van der Waals surface area contributed by atoms with E-state index in [1.807, 2.05) is 19.1 Å². The molecule has 0 aromatic carbocycles. The van der Waals surface area contributed by atoms with Crippen LogP contribution in [-0.4, -0.2) is 29.6 Å². The van der Waals surface area contributed by atoms with E-state index in [2.05, 4.69) is 18.2 Å². The Morgan fingerprint density at radius 2 is 2.24 bits per heavy atom. The van der Waals surface area contributed by atoms with Crippen LogP contribution in [0.4, 0.5) is 0 Å². The minimum absolute atomic E-state index is 0.159. The summed E-state index contributed by atoms with van der Waals surface area (Å²) in [5.41, 5.74) is 7.98. The van der Waals surface area contributed by atoms with Crippen LogP contribution in [0.5, 0.6) is 5.75 Å². The van der Waals surface area contributed by atoms with E-state index in [9.17, 15) is 0 Å². The SMILES string of the molecule is CCC(N)Cc1nc(C)ccc1OCCSC. The normalized spacial score (nSPS) is 12.5. The Hall–Kier alpha value is -0.740. The molecule has 1 aromatic rings. The Bertz CT molecular complexity index is 344. The van der Waals surface area contributed by atoms with Crippen LogP contribution in [0.25, 0.3) is 0 Å². The number of nitrogens with zero attached hydrogens (tertiary/aromatic N) is 1. The van der Waals surface area contributed by atoms with E-state index in [-0.39, 0.29) is 6.04 Å².